The van der Waals surface area contributed by atoms with Crippen molar-refractivity contribution < 1.29 is 13.9 Å². The Labute approximate surface area is 259 Å². The molecule has 0 spiro atoms. The third kappa shape index (κ3) is 5.29. The highest BCUT2D eigenvalue weighted by Crippen LogP contribution is 2.41. The molecule has 10 heteroatoms. The summed E-state index contributed by atoms with van der Waals surface area (Å²) in [4.78, 5) is 31.3. The number of fused-ring (bicyclic) bond motifs is 3. The molecule has 7 rings (SSSR count). The van der Waals surface area contributed by atoms with E-state index in [1.54, 1.807) is 4.90 Å². The number of anilines is 2. The van der Waals surface area contributed by atoms with Gasteiger partial charge >= 0.3 is 6.01 Å². The molecule has 1 aliphatic carbocycles. The van der Waals surface area contributed by atoms with Crippen molar-refractivity contribution in [3.8, 4) is 12.1 Å². The molecule has 5 heterocycles. The van der Waals surface area contributed by atoms with E-state index in [0.29, 0.717) is 51.8 Å². The molecule has 232 valence electrons. The molecule has 0 N–H and O–H groups in total. The van der Waals surface area contributed by atoms with Crippen LogP contribution in [0.3, 0.4) is 0 Å². The Morgan fingerprint density at radius 1 is 1.09 bits per heavy atom. The summed E-state index contributed by atoms with van der Waals surface area (Å²) in [6, 6.07) is 9.04. The topological polar surface area (TPSA) is 88.8 Å². The van der Waals surface area contributed by atoms with Gasteiger partial charge in [0.1, 0.15) is 18.6 Å². The summed E-state index contributed by atoms with van der Waals surface area (Å²) in [7, 11) is 0. The van der Waals surface area contributed by atoms with Crippen LogP contribution in [0.5, 0.6) is 6.01 Å². The normalized spacial score (nSPS) is 26.5. The average molecular weight is 600 g/mol. The first kappa shape index (κ1) is 29.0. The second-order valence-corrected chi connectivity index (χ2v) is 13.1. The molecule has 9 nitrogen and oxygen atoms in total. The number of hydrogen-bond donors (Lipinski definition) is 0. The van der Waals surface area contributed by atoms with Gasteiger partial charge in [-0.15, -0.1) is 0 Å². The molecule has 2 aromatic rings. The lowest BCUT2D eigenvalue weighted by Gasteiger charge is -2.42. The largest absolute Gasteiger partial charge is 0.461 e. The molecule has 4 aliphatic heterocycles. The van der Waals surface area contributed by atoms with Gasteiger partial charge in [0.25, 0.3) is 0 Å². The fraction of sp³-hybridized carbons (Fsp3) is 0.588. The third-order valence-corrected chi connectivity index (χ3v) is 10.5. The number of hydrogen-bond acceptors (Lipinski definition) is 8. The Hall–Kier alpha value is -3.71. The Morgan fingerprint density at radius 2 is 1.98 bits per heavy atom. The first-order chi connectivity index (χ1) is 21.5. The maximum Gasteiger partial charge on any atom is 0.318 e. The Kier molecular flexibility index (Phi) is 7.91. The maximum absolute atomic E-state index is 14.5. The van der Waals surface area contributed by atoms with E-state index in [1.807, 2.05) is 0 Å². The highest BCUT2D eigenvalue weighted by molar-refractivity contribution is 5.87. The van der Waals surface area contributed by atoms with Crippen molar-refractivity contribution in [3.63, 3.8) is 0 Å². The van der Waals surface area contributed by atoms with E-state index in [2.05, 4.69) is 45.5 Å². The van der Waals surface area contributed by atoms with Crippen LogP contribution in [0.1, 0.15) is 60.9 Å². The maximum atomic E-state index is 14.5. The lowest BCUT2D eigenvalue weighted by Crippen LogP contribution is -2.55. The lowest BCUT2D eigenvalue weighted by atomic mass is 9.89. The highest BCUT2D eigenvalue weighted by Gasteiger charge is 2.49. The second-order valence-electron chi connectivity index (χ2n) is 13.1. The second kappa shape index (κ2) is 12.0. The Balaban J connectivity index is 1.21. The van der Waals surface area contributed by atoms with Gasteiger partial charge in [-0.25, -0.2) is 4.39 Å². The summed E-state index contributed by atoms with van der Waals surface area (Å²) < 4.78 is 20.9. The number of amides is 1. The molecule has 44 heavy (non-hydrogen) atoms. The van der Waals surface area contributed by atoms with Crippen LogP contribution in [0.2, 0.25) is 0 Å². The van der Waals surface area contributed by atoms with Crippen LogP contribution in [0, 0.1) is 11.3 Å². The summed E-state index contributed by atoms with van der Waals surface area (Å²) in [5.74, 6) is 0.688. The van der Waals surface area contributed by atoms with Crippen molar-refractivity contribution in [3.05, 3.63) is 53.2 Å². The summed E-state index contributed by atoms with van der Waals surface area (Å²) in [5, 5.41) is 9.56. The SMILES string of the molecule is C=CC(=O)N1CCN(c2nc(OC[C@@]34CCCN3C[C@H](F)C4)nc3c2CCN(c2cccc4c2CCCC4)C3)C[C@@H]1CC#N. The number of aryl methyl sites for hydroxylation is 1. The van der Waals surface area contributed by atoms with Gasteiger partial charge in [-0.3, -0.25) is 9.69 Å². The van der Waals surface area contributed by atoms with E-state index in [9.17, 15) is 14.4 Å². The van der Waals surface area contributed by atoms with Gasteiger partial charge in [-0.1, -0.05) is 18.7 Å². The van der Waals surface area contributed by atoms with E-state index in [4.69, 9.17) is 14.7 Å². The quantitative estimate of drug-likeness (QED) is 0.442. The molecule has 3 saturated heterocycles. The molecule has 3 atom stereocenters. The van der Waals surface area contributed by atoms with E-state index < -0.39 is 6.17 Å². The van der Waals surface area contributed by atoms with Gasteiger partial charge in [-0.2, -0.15) is 15.2 Å². The molecule has 0 unspecified atom stereocenters. The number of halogens is 1. The van der Waals surface area contributed by atoms with Crippen LogP contribution >= 0.6 is 0 Å². The molecule has 0 saturated carbocycles. The van der Waals surface area contributed by atoms with E-state index in [1.165, 1.54) is 35.7 Å². The van der Waals surface area contributed by atoms with Gasteiger partial charge in [0, 0.05) is 50.4 Å². The standard InChI is InChI=1S/C34H42FN7O2/c1-2-31(43)42-18-17-40(21-26(42)11-14-36)32-28-12-16-39(30-10-5-8-24-7-3-4-9-27(24)30)22-29(28)37-33(38-32)44-23-34-13-6-15-41(34)20-25(35)19-34/h2,5,8,10,25-26H,1,3-4,6-7,9,11-13,15-23H2/t25-,26+,34+/m1/s1. The number of benzene rings is 1. The first-order valence-electron chi connectivity index (χ1n) is 16.3. The van der Waals surface area contributed by atoms with Crippen LogP contribution < -0.4 is 14.5 Å². The number of rotatable bonds is 7. The fourth-order valence-corrected chi connectivity index (χ4v) is 8.36. The summed E-state index contributed by atoms with van der Waals surface area (Å²) >= 11 is 0. The van der Waals surface area contributed by atoms with Crippen molar-refractivity contribution in [2.75, 3.05) is 55.7 Å². The number of aromatic nitrogens is 2. The van der Waals surface area contributed by atoms with Crippen LogP contribution in [0.4, 0.5) is 15.9 Å². The van der Waals surface area contributed by atoms with Gasteiger partial charge in [0.15, 0.2) is 0 Å². The zero-order chi connectivity index (χ0) is 30.3. The lowest BCUT2D eigenvalue weighted by molar-refractivity contribution is -0.128. The van der Waals surface area contributed by atoms with Crippen molar-refractivity contribution in [2.24, 2.45) is 0 Å². The van der Waals surface area contributed by atoms with E-state index in [-0.39, 0.29) is 23.9 Å². The number of alkyl halides is 1. The minimum atomic E-state index is -0.823. The average Bonchev–Trinajstić information content (AvgIpc) is 3.58. The predicted octanol–water partition coefficient (Wildman–Crippen LogP) is 3.99. The van der Waals surface area contributed by atoms with Crippen molar-refractivity contribution >= 4 is 17.4 Å². The predicted molar refractivity (Wildman–Crippen MR) is 167 cm³/mol. The monoisotopic (exact) mass is 599 g/mol. The Morgan fingerprint density at radius 3 is 2.84 bits per heavy atom. The molecule has 1 aromatic carbocycles. The van der Waals surface area contributed by atoms with Gasteiger partial charge in [-0.05, 0) is 74.8 Å². The van der Waals surface area contributed by atoms with E-state index in [0.717, 1.165) is 62.3 Å². The van der Waals surface area contributed by atoms with Crippen molar-refractivity contribution in [1.82, 2.24) is 19.8 Å². The zero-order valence-electron chi connectivity index (χ0n) is 25.5. The molecule has 0 radical (unpaired) electrons. The number of piperazine rings is 1. The molecule has 5 aliphatic rings. The van der Waals surface area contributed by atoms with Crippen LogP contribution in [-0.4, -0.2) is 89.3 Å². The van der Waals surface area contributed by atoms with Crippen molar-refractivity contribution in [2.45, 2.75) is 82.1 Å². The van der Waals surface area contributed by atoms with Crippen LogP contribution in [0.25, 0.3) is 0 Å². The molecule has 0 bridgehead atoms. The van der Waals surface area contributed by atoms with Gasteiger partial charge in [0.05, 0.1) is 36.3 Å². The summed E-state index contributed by atoms with van der Waals surface area (Å²) in [5.41, 5.74) is 6.03. The minimum Gasteiger partial charge on any atom is -0.461 e. The van der Waals surface area contributed by atoms with Crippen LogP contribution in [0.15, 0.2) is 30.9 Å². The Bertz CT molecular complexity index is 1480. The smallest absolute Gasteiger partial charge is 0.318 e. The third-order valence-electron chi connectivity index (χ3n) is 10.5. The molecule has 3 fully saturated rings. The molecular formula is C34H42FN7O2. The van der Waals surface area contributed by atoms with E-state index >= 15 is 0 Å². The summed E-state index contributed by atoms with van der Waals surface area (Å²) in [6.07, 6.45) is 8.73. The van der Waals surface area contributed by atoms with Gasteiger partial charge < -0.3 is 19.4 Å². The van der Waals surface area contributed by atoms with Crippen molar-refractivity contribution in [1.29, 1.82) is 5.26 Å². The molecular weight excluding hydrogens is 557 g/mol. The summed E-state index contributed by atoms with van der Waals surface area (Å²) in [6.45, 7) is 8.55. The molecule has 1 amide bonds. The number of carbonyl (C=O) groups is 1. The number of ether oxygens (including phenoxy) is 1. The fourth-order valence-electron chi connectivity index (χ4n) is 8.36. The minimum absolute atomic E-state index is 0.149. The zero-order valence-corrected chi connectivity index (χ0v) is 25.5. The highest BCUT2D eigenvalue weighted by atomic mass is 19.1. The molecule has 1 aromatic heterocycles. The first-order valence-corrected chi connectivity index (χ1v) is 16.3. The van der Waals surface area contributed by atoms with Gasteiger partial charge in [0.2, 0.25) is 5.91 Å². The number of nitrogens with zero attached hydrogens (tertiary/aromatic N) is 7. The number of nitriles is 1. The number of carbonyl (C=O) groups excluding carboxylic acids is 1. The van der Waals surface area contributed by atoms with Crippen LogP contribution in [-0.2, 0) is 30.6 Å².